The van der Waals surface area contributed by atoms with E-state index in [0.717, 1.165) is 18.4 Å². The number of phenolic OH excluding ortho intramolecular Hbond substituents is 1. The molecule has 1 unspecified atom stereocenters. The predicted molar refractivity (Wildman–Crippen MR) is 119 cm³/mol. The molecule has 0 fully saturated rings. The number of rotatable bonds is 13. The number of ether oxygens (including phenoxy) is 1. The number of hydrogen-bond acceptors (Lipinski definition) is 7. The fraction of sp³-hybridized carbons (Fsp3) is 0.391. The van der Waals surface area contributed by atoms with Crippen LogP contribution < -0.4 is 10.6 Å². The van der Waals surface area contributed by atoms with Crippen LogP contribution in [0.25, 0.3) is 0 Å². The van der Waals surface area contributed by atoms with Gasteiger partial charge in [0.25, 0.3) is 5.69 Å². The number of carbonyl (C=O) groups excluding carboxylic acids is 2. The molecule has 1 atom stereocenters. The van der Waals surface area contributed by atoms with Gasteiger partial charge in [-0.1, -0.05) is 50.1 Å². The second-order valence-electron chi connectivity index (χ2n) is 7.32. The second-order valence-corrected chi connectivity index (χ2v) is 7.32. The quantitative estimate of drug-likeness (QED) is 0.246. The number of non-ortho nitro benzene ring substituents is 1. The van der Waals surface area contributed by atoms with Gasteiger partial charge in [0, 0.05) is 30.3 Å². The lowest BCUT2D eigenvalue weighted by Gasteiger charge is -2.20. The van der Waals surface area contributed by atoms with Crippen molar-refractivity contribution in [2.45, 2.75) is 45.3 Å². The number of carbonyl (C=O) groups is 2. The summed E-state index contributed by atoms with van der Waals surface area (Å²) in [6.45, 7) is 2.26. The Balaban J connectivity index is 1.81. The van der Waals surface area contributed by atoms with Gasteiger partial charge in [-0.3, -0.25) is 19.7 Å². The minimum Gasteiger partial charge on any atom is -0.508 e. The van der Waals surface area contributed by atoms with Crippen LogP contribution in [-0.2, 0) is 20.9 Å². The van der Waals surface area contributed by atoms with Gasteiger partial charge in [0.1, 0.15) is 12.4 Å². The van der Waals surface area contributed by atoms with Crippen LogP contribution in [-0.4, -0.2) is 35.0 Å². The van der Waals surface area contributed by atoms with Crippen molar-refractivity contribution in [3.05, 3.63) is 69.8 Å². The van der Waals surface area contributed by atoms with Crippen LogP contribution in [0, 0.1) is 10.1 Å². The summed E-state index contributed by atoms with van der Waals surface area (Å²) < 4.78 is 5.17. The van der Waals surface area contributed by atoms with Gasteiger partial charge < -0.3 is 20.5 Å². The predicted octanol–water partition coefficient (Wildman–Crippen LogP) is 3.37. The highest BCUT2D eigenvalue weighted by Crippen LogP contribution is 2.31. The number of nitro benzene ring substituents is 1. The SMILES string of the molecule is CCCCC(NCC(=O)NCCC(=O)OCc1ccccc1)c1cc([N+](=O)[O-])ccc1O. The first-order valence-electron chi connectivity index (χ1n) is 10.6. The number of unbranched alkanes of at least 4 members (excludes halogenated alkanes) is 1. The standard InChI is InChI=1S/C23H29N3O6/c1-2-3-9-20(19-14-18(26(30)31)10-11-21(19)27)25-15-22(28)24-13-12-23(29)32-16-17-7-5-4-6-8-17/h4-8,10-11,14,20,25,27H,2-3,9,12-13,15-16H2,1H3,(H,24,28). The van der Waals surface area contributed by atoms with E-state index in [1.165, 1.54) is 18.2 Å². The summed E-state index contributed by atoms with van der Waals surface area (Å²) in [5.74, 6) is -0.803. The third-order valence-electron chi connectivity index (χ3n) is 4.85. The summed E-state index contributed by atoms with van der Waals surface area (Å²) in [5.41, 5.74) is 1.14. The van der Waals surface area contributed by atoms with Gasteiger partial charge in [0.15, 0.2) is 0 Å². The van der Waals surface area contributed by atoms with E-state index in [0.29, 0.717) is 12.0 Å². The molecular weight excluding hydrogens is 414 g/mol. The highest BCUT2D eigenvalue weighted by molar-refractivity contribution is 5.79. The Hall–Kier alpha value is -3.46. The smallest absolute Gasteiger partial charge is 0.307 e. The molecule has 0 aliphatic carbocycles. The molecule has 0 bridgehead atoms. The zero-order valence-electron chi connectivity index (χ0n) is 18.1. The van der Waals surface area contributed by atoms with Crippen LogP contribution in [0.3, 0.4) is 0 Å². The third-order valence-corrected chi connectivity index (χ3v) is 4.85. The molecule has 172 valence electrons. The zero-order chi connectivity index (χ0) is 23.3. The Morgan fingerprint density at radius 1 is 1.19 bits per heavy atom. The van der Waals surface area contributed by atoms with Gasteiger partial charge in [-0.25, -0.2) is 0 Å². The van der Waals surface area contributed by atoms with Crippen molar-refractivity contribution in [3.63, 3.8) is 0 Å². The van der Waals surface area contributed by atoms with E-state index in [-0.39, 0.29) is 43.5 Å². The van der Waals surface area contributed by atoms with E-state index in [4.69, 9.17) is 4.74 Å². The van der Waals surface area contributed by atoms with Crippen molar-refractivity contribution in [1.29, 1.82) is 0 Å². The number of aromatic hydroxyl groups is 1. The maximum Gasteiger partial charge on any atom is 0.307 e. The largest absolute Gasteiger partial charge is 0.508 e. The van der Waals surface area contributed by atoms with Crippen LogP contribution in [0.2, 0.25) is 0 Å². The molecule has 2 aromatic rings. The molecular formula is C23H29N3O6. The van der Waals surface area contributed by atoms with E-state index in [9.17, 15) is 24.8 Å². The van der Waals surface area contributed by atoms with Crippen LogP contribution >= 0.6 is 0 Å². The van der Waals surface area contributed by atoms with Crippen molar-refractivity contribution >= 4 is 17.6 Å². The minimum absolute atomic E-state index is 0.0451. The maximum atomic E-state index is 12.2. The highest BCUT2D eigenvalue weighted by atomic mass is 16.6. The van der Waals surface area contributed by atoms with Crippen LogP contribution in [0.1, 0.15) is 49.8 Å². The van der Waals surface area contributed by atoms with E-state index in [1.54, 1.807) is 0 Å². The summed E-state index contributed by atoms with van der Waals surface area (Å²) in [5, 5.41) is 26.9. The molecule has 0 heterocycles. The van der Waals surface area contributed by atoms with Gasteiger partial charge >= 0.3 is 5.97 Å². The number of esters is 1. The first-order valence-corrected chi connectivity index (χ1v) is 10.6. The Morgan fingerprint density at radius 3 is 2.62 bits per heavy atom. The Kier molecular flexibility index (Phi) is 10.1. The molecule has 0 aliphatic heterocycles. The molecule has 9 heteroatoms. The molecule has 3 N–H and O–H groups in total. The Bertz CT molecular complexity index is 904. The first-order chi connectivity index (χ1) is 15.4. The summed E-state index contributed by atoms with van der Waals surface area (Å²) >= 11 is 0. The lowest BCUT2D eigenvalue weighted by molar-refractivity contribution is -0.385. The molecule has 0 spiro atoms. The average molecular weight is 444 g/mol. The average Bonchev–Trinajstić information content (AvgIpc) is 2.79. The van der Waals surface area contributed by atoms with Crippen molar-refractivity contribution in [2.24, 2.45) is 0 Å². The molecule has 0 saturated heterocycles. The van der Waals surface area contributed by atoms with E-state index >= 15 is 0 Å². The fourth-order valence-electron chi connectivity index (χ4n) is 3.10. The van der Waals surface area contributed by atoms with Crippen LogP contribution in [0.15, 0.2) is 48.5 Å². The highest BCUT2D eigenvalue weighted by Gasteiger charge is 2.19. The van der Waals surface area contributed by atoms with Crippen molar-refractivity contribution < 1.29 is 24.4 Å². The minimum atomic E-state index is -0.524. The van der Waals surface area contributed by atoms with Gasteiger partial charge in [0.05, 0.1) is 17.9 Å². The molecule has 0 radical (unpaired) electrons. The summed E-state index contributed by atoms with van der Waals surface area (Å²) in [6, 6.07) is 12.7. The van der Waals surface area contributed by atoms with Crippen LogP contribution in [0.4, 0.5) is 5.69 Å². The number of nitro groups is 1. The molecule has 2 rings (SSSR count). The lowest BCUT2D eigenvalue weighted by atomic mass is 9.99. The number of benzene rings is 2. The van der Waals surface area contributed by atoms with Crippen molar-refractivity contribution in [2.75, 3.05) is 13.1 Å². The molecule has 32 heavy (non-hydrogen) atoms. The summed E-state index contributed by atoms with van der Waals surface area (Å²) in [6.07, 6.45) is 2.35. The summed E-state index contributed by atoms with van der Waals surface area (Å²) in [7, 11) is 0. The number of hydrogen-bond donors (Lipinski definition) is 3. The van der Waals surface area contributed by atoms with Gasteiger partial charge in [-0.2, -0.15) is 0 Å². The maximum absolute atomic E-state index is 12.2. The van der Waals surface area contributed by atoms with Crippen LogP contribution in [0.5, 0.6) is 5.75 Å². The topological polar surface area (TPSA) is 131 Å². The molecule has 0 saturated carbocycles. The molecule has 9 nitrogen and oxygen atoms in total. The monoisotopic (exact) mass is 443 g/mol. The lowest BCUT2D eigenvalue weighted by Crippen LogP contribution is -2.36. The zero-order valence-corrected chi connectivity index (χ0v) is 18.1. The molecule has 1 amide bonds. The van der Waals surface area contributed by atoms with E-state index in [1.807, 2.05) is 37.3 Å². The number of amides is 1. The molecule has 0 aromatic heterocycles. The summed E-state index contributed by atoms with van der Waals surface area (Å²) in [4.78, 5) is 34.5. The van der Waals surface area contributed by atoms with Crippen molar-refractivity contribution in [1.82, 2.24) is 10.6 Å². The Morgan fingerprint density at radius 2 is 1.94 bits per heavy atom. The van der Waals surface area contributed by atoms with Gasteiger partial charge in [-0.15, -0.1) is 0 Å². The first kappa shape index (κ1) is 24.8. The van der Waals surface area contributed by atoms with Crippen molar-refractivity contribution in [3.8, 4) is 5.75 Å². The number of nitrogens with zero attached hydrogens (tertiary/aromatic N) is 1. The number of nitrogens with one attached hydrogen (secondary N) is 2. The Labute approximate surface area is 186 Å². The fourth-order valence-corrected chi connectivity index (χ4v) is 3.10. The number of phenols is 1. The van der Waals surface area contributed by atoms with E-state index in [2.05, 4.69) is 10.6 Å². The third kappa shape index (κ3) is 8.35. The normalized spacial score (nSPS) is 11.5. The molecule has 2 aromatic carbocycles. The van der Waals surface area contributed by atoms with Gasteiger partial charge in [-0.05, 0) is 18.1 Å². The molecule has 0 aliphatic rings. The van der Waals surface area contributed by atoms with Gasteiger partial charge in [0.2, 0.25) is 5.91 Å². The van der Waals surface area contributed by atoms with E-state index < -0.39 is 16.9 Å². The second kappa shape index (κ2) is 13.1.